The number of nitrogens with zero attached hydrogens (tertiary/aromatic N) is 1. The van der Waals surface area contributed by atoms with Crippen LogP contribution in [0, 0.1) is 11.8 Å². The molecule has 2 aliphatic heterocycles. The largest absolute Gasteiger partial charge is 0.378 e. The smallest absolute Gasteiger partial charge is 0.0612 e. The lowest BCUT2D eigenvalue weighted by atomic mass is 9.95. The zero-order valence-electron chi connectivity index (χ0n) is 11.6. The van der Waals surface area contributed by atoms with Crippen LogP contribution in [-0.2, 0) is 4.74 Å². The molecule has 0 aromatic rings. The van der Waals surface area contributed by atoms with E-state index in [4.69, 9.17) is 4.74 Å². The highest BCUT2D eigenvalue weighted by Gasteiger charge is 2.26. The van der Waals surface area contributed by atoms with E-state index >= 15 is 0 Å². The fraction of sp³-hybridized carbons (Fsp3) is 1.00. The molecular weight excluding hydrogens is 212 g/mol. The quantitative estimate of drug-likeness (QED) is 0.810. The van der Waals surface area contributed by atoms with E-state index in [1.54, 1.807) is 0 Å². The summed E-state index contributed by atoms with van der Waals surface area (Å²) in [7, 11) is 2.23. The van der Waals surface area contributed by atoms with Gasteiger partial charge in [-0.15, -0.1) is 0 Å². The summed E-state index contributed by atoms with van der Waals surface area (Å²) in [6, 6.07) is 0.682. The van der Waals surface area contributed by atoms with Crippen molar-refractivity contribution in [2.75, 3.05) is 33.3 Å². The number of ether oxygens (including phenoxy) is 1. The second kappa shape index (κ2) is 6.17. The Bertz CT molecular complexity index is 232. The maximum atomic E-state index is 5.81. The first kappa shape index (κ1) is 13.3. The van der Waals surface area contributed by atoms with Crippen LogP contribution >= 0.6 is 0 Å². The molecule has 17 heavy (non-hydrogen) atoms. The van der Waals surface area contributed by atoms with E-state index < -0.39 is 0 Å². The van der Waals surface area contributed by atoms with Crippen molar-refractivity contribution in [3.63, 3.8) is 0 Å². The lowest BCUT2D eigenvalue weighted by molar-refractivity contribution is -0.0247. The Hall–Kier alpha value is -0.120. The van der Waals surface area contributed by atoms with Crippen LogP contribution in [0.1, 0.15) is 33.1 Å². The summed E-state index contributed by atoms with van der Waals surface area (Å²) in [5.74, 6) is 1.51. The first-order valence-electron chi connectivity index (χ1n) is 7.18. The standard InChI is InChI=1S/C14H28N2O/c1-11(2)14-8-13(5-7-17-14)15-9-12-4-6-16(3)10-12/h11-15H,4-10H2,1-3H3. The summed E-state index contributed by atoms with van der Waals surface area (Å²) in [5, 5.41) is 3.76. The minimum absolute atomic E-state index is 0.465. The molecule has 0 saturated carbocycles. The van der Waals surface area contributed by atoms with Crippen molar-refractivity contribution in [1.82, 2.24) is 10.2 Å². The lowest BCUT2D eigenvalue weighted by Gasteiger charge is -2.33. The number of rotatable bonds is 4. The summed E-state index contributed by atoms with van der Waals surface area (Å²) < 4.78 is 5.81. The normalized spacial score (nSPS) is 35.6. The van der Waals surface area contributed by atoms with Crippen molar-refractivity contribution in [2.24, 2.45) is 11.8 Å². The van der Waals surface area contributed by atoms with Crippen molar-refractivity contribution < 1.29 is 4.74 Å². The van der Waals surface area contributed by atoms with Gasteiger partial charge in [0, 0.05) is 19.2 Å². The minimum atomic E-state index is 0.465. The molecule has 0 radical (unpaired) electrons. The van der Waals surface area contributed by atoms with Crippen LogP contribution in [0.25, 0.3) is 0 Å². The Kier molecular flexibility index (Phi) is 4.83. The molecule has 3 atom stereocenters. The molecular formula is C14H28N2O. The van der Waals surface area contributed by atoms with Gasteiger partial charge in [0.2, 0.25) is 0 Å². The molecule has 3 unspecified atom stereocenters. The van der Waals surface area contributed by atoms with Crippen molar-refractivity contribution in [1.29, 1.82) is 0 Å². The highest BCUT2D eigenvalue weighted by Crippen LogP contribution is 2.21. The lowest BCUT2D eigenvalue weighted by Crippen LogP contribution is -2.42. The van der Waals surface area contributed by atoms with E-state index in [2.05, 4.69) is 31.1 Å². The summed E-state index contributed by atoms with van der Waals surface area (Å²) in [6.07, 6.45) is 4.21. The fourth-order valence-corrected chi connectivity index (χ4v) is 3.00. The molecule has 2 aliphatic rings. The van der Waals surface area contributed by atoms with Crippen LogP contribution in [0.4, 0.5) is 0 Å². The average Bonchev–Trinajstić information content (AvgIpc) is 2.73. The molecule has 2 saturated heterocycles. The van der Waals surface area contributed by atoms with Gasteiger partial charge >= 0.3 is 0 Å². The molecule has 2 heterocycles. The van der Waals surface area contributed by atoms with Gasteiger partial charge in [0.05, 0.1) is 6.10 Å². The van der Waals surface area contributed by atoms with E-state index in [9.17, 15) is 0 Å². The van der Waals surface area contributed by atoms with Crippen LogP contribution < -0.4 is 5.32 Å². The van der Waals surface area contributed by atoms with E-state index in [1.165, 1.54) is 38.9 Å². The topological polar surface area (TPSA) is 24.5 Å². The molecule has 0 bridgehead atoms. The Balaban J connectivity index is 1.68. The SMILES string of the molecule is CC(C)C1CC(NCC2CCN(C)C2)CCO1. The van der Waals surface area contributed by atoms with Gasteiger partial charge in [0.25, 0.3) is 0 Å². The Morgan fingerprint density at radius 1 is 1.35 bits per heavy atom. The van der Waals surface area contributed by atoms with Gasteiger partial charge in [0.1, 0.15) is 0 Å². The molecule has 0 aliphatic carbocycles. The van der Waals surface area contributed by atoms with Crippen LogP contribution in [0.3, 0.4) is 0 Å². The maximum absolute atomic E-state index is 5.81. The van der Waals surface area contributed by atoms with Crippen LogP contribution in [-0.4, -0.2) is 50.3 Å². The molecule has 2 fully saturated rings. The molecule has 100 valence electrons. The zero-order chi connectivity index (χ0) is 12.3. The van der Waals surface area contributed by atoms with E-state index in [0.29, 0.717) is 18.1 Å². The van der Waals surface area contributed by atoms with Crippen LogP contribution in [0.5, 0.6) is 0 Å². The van der Waals surface area contributed by atoms with Gasteiger partial charge < -0.3 is 15.0 Å². The molecule has 0 spiro atoms. The summed E-state index contributed by atoms with van der Waals surface area (Å²) in [6.45, 7) is 9.20. The number of hydrogen-bond acceptors (Lipinski definition) is 3. The van der Waals surface area contributed by atoms with Crippen molar-refractivity contribution >= 4 is 0 Å². The van der Waals surface area contributed by atoms with Crippen molar-refractivity contribution in [3.05, 3.63) is 0 Å². The monoisotopic (exact) mass is 240 g/mol. The Morgan fingerprint density at radius 3 is 2.82 bits per heavy atom. The van der Waals surface area contributed by atoms with Crippen molar-refractivity contribution in [2.45, 2.75) is 45.3 Å². The van der Waals surface area contributed by atoms with Crippen LogP contribution in [0.2, 0.25) is 0 Å². The number of likely N-dealkylation sites (tertiary alicyclic amines) is 1. The third-order valence-corrected chi connectivity index (χ3v) is 4.24. The summed E-state index contributed by atoms with van der Waals surface area (Å²) in [5.41, 5.74) is 0. The highest BCUT2D eigenvalue weighted by molar-refractivity contribution is 4.81. The fourth-order valence-electron chi connectivity index (χ4n) is 3.00. The highest BCUT2D eigenvalue weighted by atomic mass is 16.5. The second-order valence-electron chi connectivity index (χ2n) is 6.20. The first-order chi connectivity index (χ1) is 8.15. The zero-order valence-corrected chi connectivity index (χ0v) is 11.6. The van der Waals surface area contributed by atoms with E-state index in [1.807, 2.05) is 0 Å². The average molecular weight is 240 g/mol. The third kappa shape index (κ3) is 3.94. The molecule has 1 N–H and O–H groups in total. The Labute approximate surface area is 106 Å². The molecule has 0 aromatic carbocycles. The predicted molar refractivity (Wildman–Crippen MR) is 71.2 cm³/mol. The minimum Gasteiger partial charge on any atom is -0.378 e. The van der Waals surface area contributed by atoms with Gasteiger partial charge in [-0.2, -0.15) is 0 Å². The van der Waals surface area contributed by atoms with Crippen LogP contribution in [0.15, 0.2) is 0 Å². The van der Waals surface area contributed by atoms with Gasteiger partial charge in [0.15, 0.2) is 0 Å². The van der Waals surface area contributed by atoms with E-state index in [-0.39, 0.29) is 0 Å². The first-order valence-corrected chi connectivity index (χ1v) is 7.18. The third-order valence-electron chi connectivity index (χ3n) is 4.24. The predicted octanol–water partition coefficient (Wildman–Crippen LogP) is 1.73. The molecule has 3 heteroatoms. The summed E-state index contributed by atoms with van der Waals surface area (Å²) in [4.78, 5) is 2.44. The van der Waals surface area contributed by atoms with Gasteiger partial charge in [-0.25, -0.2) is 0 Å². The Morgan fingerprint density at radius 2 is 2.18 bits per heavy atom. The van der Waals surface area contributed by atoms with Gasteiger partial charge in [-0.1, -0.05) is 13.8 Å². The molecule has 2 rings (SSSR count). The van der Waals surface area contributed by atoms with Crippen molar-refractivity contribution in [3.8, 4) is 0 Å². The van der Waals surface area contributed by atoms with Gasteiger partial charge in [-0.3, -0.25) is 0 Å². The molecule has 0 aromatic heterocycles. The number of nitrogens with one attached hydrogen (secondary N) is 1. The summed E-state index contributed by atoms with van der Waals surface area (Å²) >= 11 is 0. The van der Waals surface area contributed by atoms with E-state index in [0.717, 1.165) is 12.5 Å². The molecule has 0 amide bonds. The second-order valence-corrected chi connectivity index (χ2v) is 6.20. The maximum Gasteiger partial charge on any atom is 0.0612 e. The molecule has 3 nitrogen and oxygen atoms in total. The van der Waals surface area contributed by atoms with Gasteiger partial charge in [-0.05, 0) is 51.2 Å². The number of hydrogen-bond donors (Lipinski definition) is 1.